The molecule has 4 nitrogen and oxygen atoms in total. The van der Waals surface area contributed by atoms with Gasteiger partial charge in [-0.3, -0.25) is 9.89 Å². The fourth-order valence-corrected chi connectivity index (χ4v) is 0.915. The first kappa shape index (κ1) is 8.93. The lowest BCUT2D eigenvalue weighted by atomic mass is 10.2. The van der Waals surface area contributed by atoms with Crippen molar-refractivity contribution in [3.8, 4) is 0 Å². The van der Waals surface area contributed by atoms with Crippen molar-refractivity contribution >= 4 is 5.78 Å². The quantitative estimate of drug-likeness (QED) is 0.645. The Labute approximate surface area is 70.6 Å². The second-order valence-electron chi connectivity index (χ2n) is 2.53. The topological polar surface area (TPSA) is 66.0 Å². The molecule has 1 heterocycles. The molecule has 0 aromatic carbocycles. The van der Waals surface area contributed by atoms with Crippen LogP contribution >= 0.6 is 0 Å². The van der Waals surface area contributed by atoms with Crippen molar-refractivity contribution in [3.63, 3.8) is 0 Å². The molecule has 0 fully saturated rings. The van der Waals surface area contributed by atoms with Crippen molar-refractivity contribution in [1.29, 1.82) is 0 Å². The molecule has 1 aromatic rings. The van der Waals surface area contributed by atoms with Crippen molar-refractivity contribution in [2.24, 2.45) is 0 Å². The smallest absolute Gasteiger partial charge is 0.185 e. The number of aryl methyl sites for hydroxylation is 1. The molecule has 12 heavy (non-hydrogen) atoms. The summed E-state index contributed by atoms with van der Waals surface area (Å²) in [6.45, 7) is 1.86. The first-order valence-electron chi connectivity index (χ1n) is 3.96. The number of nitrogens with zero attached hydrogens (tertiary/aromatic N) is 1. The zero-order chi connectivity index (χ0) is 8.97. The summed E-state index contributed by atoms with van der Waals surface area (Å²) in [4.78, 5) is 11.1. The lowest BCUT2D eigenvalue weighted by molar-refractivity contribution is 0.0952. The van der Waals surface area contributed by atoms with Crippen molar-refractivity contribution in [2.45, 2.75) is 19.8 Å². The molecule has 4 heteroatoms. The summed E-state index contributed by atoms with van der Waals surface area (Å²) in [5.74, 6) is -0.117. The predicted octanol–water partition coefficient (Wildman–Crippen LogP) is 0.537. The van der Waals surface area contributed by atoms with Gasteiger partial charge in [0, 0.05) is 12.1 Å². The average Bonchev–Trinajstić information content (AvgIpc) is 2.52. The number of aliphatic hydroxyl groups is 1. The van der Waals surface area contributed by atoms with Crippen LogP contribution in [0.3, 0.4) is 0 Å². The van der Waals surface area contributed by atoms with E-state index >= 15 is 0 Å². The summed E-state index contributed by atoms with van der Waals surface area (Å²) in [7, 11) is 0. The Morgan fingerprint density at radius 1 is 1.75 bits per heavy atom. The third-order valence-corrected chi connectivity index (χ3v) is 1.64. The highest BCUT2D eigenvalue weighted by molar-refractivity contribution is 5.94. The van der Waals surface area contributed by atoms with Crippen LogP contribution in [0.15, 0.2) is 6.07 Å². The Morgan fingerprint density at radius 3 is 3.00 bits per heavy atom. The normalized spacial score (nSPS) is 10.2. The molecule has 1 rings (SSSR count). The zero-order valence-corrected chi connectivity index (χ0v) is 7.00. The summed E-state index contributed by atoms with van der Waals surface area (Å²) < 4.78 is 0. The van der Waals surface area contributed by atoms with E-state index in [0.717, 1.165) is 12.1 Å². The third-order valence-electron chi connectivity index (χ3n) is 1.64. The van der Waals surface area contributed by atoms with E-state index in [-0.39, 0.29) is 18.8 Å². The van der Waals surface area contributed by atoms with E-state index in [4.69, 9.17) is 5.11 Å². The number of aliphatic hydroxyl groups excluding tert-OH is 1. The molecule has 0 saturated heterocycles. The Kier molecular flexibility index (Phi) is 2.99. The van der Waals surface area contributed by atoms with Crippen LogP contribution in [0.25, 0.3) is 0 Å². The predicted molar refractivity (Wildman–Crippen MR) is 44.0 cm³/mol. The van der Waals surface area contributed by atoms with Gasteiger partial charge in [0.15, 0.2) is 5.78 Å². The van der Waals surface area contributed by atoms with Crippen LogP contribution in [-0.4, -0.2) is 27.7 Å². The lowest BCUT2D eigenvalue weighted by Gasteiger charge is -1.89. The third kappa shape index (κ3) is 1.92. The van der Waals surface area contributed by atoms with E-state index in [2.05, 4.69) is 10.2 Å². The van der Waals surface area contributed by atoms with E-state index in [9.17, 15) is 4.79 Å². The maximum absolute atomic E-state index is 11.1. The number of carbonyl (C=O) groups is 1. The van der Waals surface area contributed by atoms with Gasteiger partial charge in [-0.2, -0.15) is 5.10 Å². The Balaban J connectivity index is 2.68. The Bertz CT molecular complexity index is 268. The van der Waals surface area contributed by atoms with Crippen LogP contribution in [-0.2, 0) is 6.42 Å². The van der Waals surface area contributed by atoms with E-state index in [1.165, 1.54) is 0 Å². The van der Waals surface area contributed by atoms with E-state index in [1.807, 2.05) is 6.92 Å². The van der Waals surface area contributed by atoms with Crippen LogP contribution in [0.2, 0.25) is 0 Å². The number of nitrogens with one attached hydrogen (secondary N) is 1. The molecule has 0 aliphatic carbocycles. The minimum Gasteiger partial charge on any atom is -0.396 e. The average molecular weight is 168 g/mol. The largest absolute Gasteiger partial charge is 0.396 e. The molecule has 0 radical (unpaired) electrons. The standard InChI is InChI=1S/C8H12N2O2/c1-2-6-5-7(10-9-6)8(12)3-4-11/h5,11H,2-4H2,1H3,(H,9,10). The molecule has 2 N–H and O–H groups in total. The van der Waals surface area contributed by atoms with E-state index in [1.54, 1.807) is 6.07 Å². The van der Waals surface area contributed by atoms with Crippen LogP contribution in [0, 0.1) is 0 Å². The summed E-state index contributed by atoms with van der Waals surface area (Å²) in [6.07, 6.45) is 0.980. The van der Waals surface area contributed by atoms with Gasteiger partial charge in [-0.1, -0.05) is 6.92 Å². The maximum Gasteiger partial charge on any atom is 0.185 e. The highest BCUT2D eigenvalue weighted by Crippen LogP contribution is 2.02. The minimum atomic E-state index is -0.118. The summed E-state index contributed by atoms with van der Waals surface area (Å²) in [6, 6.07) is 1.72. The van der Waals surface area contributed by atoms with Gasteiger partial charge in [0.2, 0.25) is 0 Å². The molecule has 0 unspecified atom stereocenters. The minimum absolute atomic E-state index is 0.117. The molecule has 0 aliphatic heterocycles. The Morgan fingerprint density at radius 2 is 2.50 bits per heavy atom. The van der Waals surface area contributed by atoms with Crippen LogP contribution in [0.5, 0.6) is 0 Å². The lowest BCUT2D eigenvalue weighted by Crippen LogP contribution is -2.01. The van der Waals surface area contributed by atoms with Gasteiger partial charge < -0.3 is 5.11 Å². The van der Waals surface area contributed by atoms with E-state index in [0.29, 0.717) is 5.69 Å². The summed E-state index contributed by atoms with van der Waals surface area (Å²) >= 11 is 0. The van der Waals surface area contributed by atoms with Crippen LogP contribution in [0.4, 0.5) is 0 Å². The summed E-state index contributed by atoms with van der Waals surface area (Å²) in [5.41, 5.74) is 1.36. The molecular weight excluding hydrogens is 156 g/mol. The van der Waals surface area contributed by atoms with Crippen LogP contribution < -0.4 is 0 Å². The van der Waals surface area contributed by atoms with Crippen molar-refractivity contribution in [3.05, 3.63) is 17.5 Å². The molecule has 0 amide bonds. The van der Waals surface area contributed by atoms with Gasteiger partial charge in [-0.05, 0) is 12.5 Å². The zero-order valence-electron chi connectivity index (χ0n) is 7.00. The molecule has 0 saturated carbocycles. The van der Waals surface area contributed by atoms with Crippen molar-refractivity contribution < 1.29 is 9.90 Å². The molecule has 66 valence electrons. The number of carbonyl (C=O) groups excluding carboxylic acids is 1. The van der Waals surface area contributed by atoms with Gasteiger partial charge in [-0.25, -0.2) is 0 Å². The first-order chi connectivity index (χ1) is 5.77. The number of rotatable bonds is 4. The second-order valence-corrected chi connectivity index (χ2v) is 2.53. The fraction of sp³-hybridized carbons (Fsp3) is 0.500. The van der Waals surface area contributed by atoms with Gasteiger partial charge >= 0.3 is 0 Å². The highest BCUT2D eigenvalue weighted by atomic mass is 16.3. The monoisotopic (exact) mass is 168 g/mol. The number of aromatic amines is 1. The fourth-order valence-electron chi connectivity index (χ4n) is 0.915. The number of hydrogen-bond donors (Lipinski definition) is 2. The number of H-pyrrole nitrogens is 1. The van der Waals surface area contributed by atoms with Gasteiger partial charge in [0.25, 0.3) is 0 Å². The molecule has 1 aromatic heterocycles. The van der Waals surface area contributed by atoms with Crippen molar-refractivity contribution in [2.75, 3.05) is 6.61 Å². The van der Waals surface area contributed by atoms with Gasteiger partial charge in [0.1, 0.15) is 5.69 Å². The number of aromatic nitrogens is 2. The summed E-state index contributed by atoms with van der Waals surface area (Å²) in [5, 5.41) is 15.1. The van der Waals surface area contributed by atoms with Crippen LogP contribution in [0.1, 0.15) is 29.5 Å². The van der Waals surface area contributed by atoms with Crippen molar-refractivity contribution in [1.82, 2.24) is 10.2 Å². The molecule has 0 spiro atoms. The SMILES string of the molecule is CCc1cc(C(=O)CCO)n[nH]1. The molecule has 0 aliphatic rings. The Hall–Kier alpha value is -1.16. The number of Topliss-reactive ketones (excluding diaryl/α,β-unsaturated/α-hetero) is 1. The number of hydrogen-bond acceptors (Lipinski definition) is 3. The van der Waals surface area contributed by atoms with E-state index < -0.39 is 0 Å². The molecular formula is C8H12N2O2. The first-order valence-corrected chi connectivity index (χ1v) is 3.96. The molecule has 0 atom stereocenters. The van der Waals surface area contributed by atoms with Gasteiger partial charge in [0.05, 0.1) is 6.61 Å². The molecule has 0 bridgehead atoms. The maximum atomic E-state index is 11.1. The second kappa shape index (κ2) is 4.01. The van der Waals surface area contributed by atoms with Gasteiger partial charge in [-0.15, -0.1) is 0 Å². The highest BCUT2D eigenvalue weighted by Gasteiger charge is 2.08. The number of ketones is 1.